The summed E-state index contributed by atoms with van der Waals surface area (Å²) in [5, 5.41) is 0. The molecule has 0 aromatic heterocycles. The molecule has 3 nitrogen and oxygen atoms in total. The van der Waals surface area contributed by atoms with Crippen molar-refractivity contribution in [1.82, 2.24) is 4.31 Å². The second-order valence-electron chi connectivity index (χ2n) is 4.57. The van der Waals surface area contributed by atoms with Crippen molar-refractivity contribution in [3.05, 3.63) is 29.8 Å². The summed E-state index contributed by atoms with van der Waals surface area (Å²) in [7, 11) is -0.388. The zero-order valence-corrected chi connectivity index (χ0v) is 11.8. The maximum absolute atomic E-state index is 13.0. The topological polar surface area (TPSA) is 29.5 Å². The average molecular weight is 307 g/mol. The van der Waals surface area contributed by atoms with Crippen LogP contribution in [0.1, 0.15) is 24.8 Å². The van der Waals surface area contributed by atoms with Crippen LogP contribution >= 0.6 is 0 Å². The van der Waals surface area contributed by atoms with Crippen LogP contribution in [0.4, 0.5) is 13.2 Å². The normalized spacial score (nSPS) is 22.7. The van der Waals surface area contributed by atoms with Crippen LogP contribution in [-0.2, 0) is 21.9 Å². The highest BCUT2D eigenvalue weighted by Gasteiger charge is 2.37. The van der Waals surface area contributed by atoms with Crippen LogP contribution in [0.2, 0.25) is 0 Å². The van der Waals surface area contributed by atoms with E-state index < -0.39 is 29.0 Å². The Labute approximate surface area is 118 Å². The van der Waals surface area contributed by atoms with Crippen molar-refractivity contribution in [1.29, 1.82) is 0 Å². The van der Waals surface area contributed by atoms with E-state index in [1.807, 2.05) is 0 Å². The van der Waals surface area contributed by atoms with Gasteiger partial charge in [-0.1, -0.05) is 12.1 Å². The molecule has 0 amide bonds. The van der Waals surface area contributed by atoms with E-state index in [9.17, 15) is 17.4 Å². The van der Waals surface area contributed by atoms with Crippen LogP contribution in [0.15, 0.2) is 29.2 Å². The Kier molecular flexibility index (Phi) is 4.82. The third kappa shape index (κ3) is 3.21. The fraction of sp³-hybridized carbons (Fsp3) is 0.538. The first-order valence-corrected chi connectivity index (χ1v) is 7.43. The summed E-state index contributed by atoms with van der Waals surface area (Å²) in [5.74, 6) is 0. The zero-order chi connectivity index (χ0) is 14.8. The highest BCUT2D eigenvalue weighted by Crippen LogP contribution is 2.35. The molecular formula is C13H16F3NO2S. The summed E-state index contributed by atoms with van der Waals surface area (Å²) in [6.45, 7) is 0.470. The summed E-state index contributed by atoms with van der Waals surface area (Å²) >= 11 is 0. The molecule has 20 heavy (non-hydrogen) atoms. The van der Waals surface area contributed by atoms with E-state index in [-0.39, 0.29) is 4.90 Å². The number of halogens is 3. The lowest BCUT2D eigenvalue weighted by molar-refractivity contribution is -0.139. The van der Waals surface area contributed by atoms with Crippen molar-refractivity contribution < 1.29 is 22.1 Å². The quantitative estimate of drug-likeness (QED) is 0.858. The molecule has 7 heteroatoms. The molecule has 0 spiro atoms. The molecular weight excluding hydrogens is 291 g/mol. The summed E-state index contributed by atoms with van der Waals surface area (Å²) < 4.78 is 58.1. The molecule has 1 saturated heterocycles. The second kappa shape index (κ2) is 6.24. The fourth-order valence-corrected chi connectivity index (χ4v) is 3.80. The van der Waals surface area contributed by atoms with Crippen molar-refractivity contribution in [2.75, 3.05) is 13.7 Å². The van der Waals surface area contributed by atoms with Crippen LogP contribution in [0.5, 0.6) is 0 Å². The van der Waals surface area contributed by atoms with Gasteiger partial charge in [0, 0.05) is 13.7 Å². The fourth-order valence-electron chi connectivity index (χ4n) is 2.28. The highest BCUT2D eigenvalue weighted by atomic mass is 32.2. The van der Waals surface area contributed by atoms with Gasteiger partial charge in [0.1, 0.15) is 17.2 Å². The highest BCUT2D eigenvalue weighted by molar-refractivity contribution is 7.82. The van der Waals surface area contributed by atoms with E-state index in [0.717, 1.165) is 18.9 Å². The van der Waals surface area contributed by atoms with E-state index in [4.69, 9.17) is 4.74 Å². The van der Waals surface area contributed by atoms with Crippen molar-refractivity contribution in [2.45, 2.75) is 36.6 Å². The van der Waals surface area contributed by atoms with Crippen LogP contribution in [-0.4, -0.2) is 28.4 Å². The predicted octanol–water partition coefficient (Wildman–Crippen LogP) is 3.19. The van der Waals surface area contributed by atoms with Gasteiger partial charge in [0.05, 0.1) is 10.5 Å². The van der Waals surface area contributed by atoms with E-state index in [0.29, 0.717) is 13.0 Å². The Hall–Kier alpha value is -0.920. The molecule has 0 saturated carbocycles. The zero-order valence-electron chi connectivity index (χ0n) is 11.0. The lowest BCUT2D eigenvalue weighted by Gasteiger charge is -2.33. The molecule has 0 N–H and O–H groups in total. The van der Waals surface area contributed by atoms with Gasteiger partial charge in [0.2, 0.25) is 0 Å². The number of ether oxygens (including phenoxy) is 1. The smallest absolute Gasteiger partial charge is 0.365 e. The van der Waals surface area contributed by atoms with Gasteiger partial charge in [-0.2, -0.15) is 17.5 Å². The number of methoxy groups -OCH3 is 1. The SMILES string of the molecule is COC1CCCCN1[S@@](=O)c1ccccc1C(F)(F)F. The largest absolute Gasteiger partial charge is 0.417 e. The number of nitrogens with zero attached hydrogens (tertiary/aromatic N) is 1. The van der Waals surface area contributed by atoms with Gasteiger partial charge in [-0.25, -0.2) is 4.21 Å². The molecule has 1 heterocycles. The van der Waals surface area contributed by atoms with Gasteiger partial charge in [-0.3, -0.25) is 0 Å². The lowest BCUT2D eigenvalue weighted by atomic mass is 10.1. The Morgan fingerprint density at radius 2 is 2.00 bits per heavy atom. The molecule has 2 rings (SSSR count). The summed E-state index contributed by atoms with van der Waals surface area (Å²) in [6.07, 6.45) is -2.50. The number of piperidine rings is 1. The van der Waals surface area contributed by atoms with Gasteiger partial charge < -0.3 is 4.74 Å². The molecule has 112 valence electrons. The maximum atomic E-state index is 13.0. The average Bonchev–Trinajstić information content (AvgIpc) is 2.45. The maximum Gasteiger partial charge on any atom is 0.417 e. The first-order chi connectivity index (χ1) is 9.45. The minimum atomic E-state index is -4.51. The van der Waals surface area contributed by atoms with Crippen LogP contribution in [0, 0.1) is 0 Å². The van der Waals surface area contributed by atoms with Gasteiger partial charge >= 0.3 is 6.18 Å². The van der Waals surface area contributed by atoms with Crippen molar-refractivity contribution in [3.8, 4) is 0 Å². The van der Waals surface area contributed by atoms with E-state index in [1.165, 1.54) is 29.6 Å². The van der Waals surface area contributed by atoms with E-state index in [2.05, 4.69) is 0 Å². The van der Waals surface area contributed by atoms with E-state index in [1.54, 1.807) is 0 Å². The van der Waals surface area contributed by atoms with Crippen LogP contribution < -0.4 is 0 Å². The predicted molar refractivity (Wildman–Crippen MR) is 69.2 cm³/mol. The first kappa shape index (κ1) is 15.5. The van der Waals surface area contributed by atoms with Gasteiger partial charge in [-0.05, 0) is 31.4 Å². The first-order valence-electron chi connectivity index (χ1n) is 6.32. The minimum absolute atomic E-state index is 0.205. The van der Waals surface area contributed by atoms with Gasteiger partial charge in [-0.15, -0.1) is 0 Å². The van der Waals surface area contributed by atoms with E-state index >= 15 is 0 Å². The Morgan fingerprint density at radius 3 is 2.65 bits per heavy atom. The summed E-state index contributed by atoms with van der Waals surface area (Å²) in [5.41, 5.74) is -0.848. The third-order valence-electron chi connectivity index (χ3n) is 3.27. The van der Waals surface area contributed by atoms with Gasteiger partial charge in [0.15, 0.2) is 0 Å². The monoisotopic (exact) mass is 307 g/mol. The Morgan fingerprint density at radius 1 is 1.30 bits per heavy atom. The standard InChI is InChI=1S/C13H16F3NO2S/c1-19-12-8-4-5-9-17(12)20(18)11-7-3-2-6-10(11)13(14,15)16/h2-3,6-7,12H,4-5,8-9H2,1H3/t12?,20-/m0/s1. The molecule has 2 atom stereocenters. The molecule has 0 radical (unpaired) electrons. The molecule has 0 aliphatic carbocycles. The Bertz CT molecular complexity index is 493. The molecule has 1 fully saturated rings. The number of hydrogen-bond acceptors (Lipinski definition) is 2. The third-order valence-corrected chi connectivity index (χ3v) is 4.84. The molecule has 1 aromatic carbocycles. The lowest BCUT2D eigenvalue weighted by Crippen LogP contribution is -2.42. The second-order valence-corrected chi connectivity index (χ2v) is 5.98. The minimum Gasteiger partial charge on any atom is -0.365 e. The van der Waals surface area contributed by atoms with Crippen LogP contribution in [0.3, 0.4) is 0 Å². The molecule has 1 aromatic rings. The summed E-state index contributed by atoms with van der Waals surface area (Å²) in [4.78, 5) is -0.205. The Balaban J connectivity index is 2.33. The number of rotatable bonds is 3. The number of hydrogen-bond donors (Lipinski definition) is 0. The van der Waals surface area contributed by atoms with Crippen LogP contribution in [0.25, 0.3) is 0 Å². The molecule has 0 bridgehead atoms. The number of alkyl halides is 3. The van der Waals surface area contributed by atoms with Crippen molar-refractivity contribution in [3.63, 3.8) is 0 Å². The van der Waals surface area contributed by atoms with Crippen molar-refractivity contribution in [2.24, 2.45) is 0 Å². The van der Waals surface area contributed by atoms with Gasteiger partial charge in [0.25, 0.3) is 0 Å². The van der Waals surface area contributed by atoms with Crippen molar-refractivity contribution >= 4 is 11.0 Å². The number of benzene rings is 1. The summed E-state index contributed by atoms with van der Waals surface area (Å²) in [6, 6.07) is 4.99. The molecule has 1 aliphatic rings. The molecule has 1 aliphatic heterocycles. The molecule has 1 unspecified atom stereocenters.